The van der Waals surface area contributed by atoms with Gasteiger partial charge in [0.25, 0.3) is 0 Å². The molecule has 0 radical (unpaired) electrons. The molecule has 3 heterocycles. The van der Waals surface area contributed by atoms with Crippen LogP contribution in [0.5, 0.6) is 0 Å². The van der Waals surface area contributed by atoms with Gasteiger partial charge in [-0.2, -0.15) is 0 Å². The molecule has 0 N–H and O–H groups in total. The highest BCUT2D eigenvalue weighted by atomic mass is 35.5. The van der Waals surface area contributed by atoms with Crippen molar-refractivity contribution < 1.29 is 0 Å². The van der Waals surface area contributed by atoms with Crippen LogP contribution in [0.4, 0.5) is 0 Å². The third-order valence-electron chi connectivity index (χ3n) is 4.94. The molecule has 132 valence electrons. The van der Waals surface area contributed by atoms with Crippen molar-refractivity contribution in [2.75, 3.05) is 6.54 Å². The summed E-state index contributed by atoms with van der Waals surface area (Å²) in [5, 5.41) is 0.771. The molecule has 1 aliphatic rings. The Balaban J connectivity index is 1.50. The van der Waals surface area contributed by atoms with Crippen LogP contribution in [0.1, 0.15) is 41.4 Å². The predicted octanol–water partition coefficient (Wildman–Crippen LogP) is 5.06. The van der Waals surface area contributed by atoms with Crippen LogP contribution >= 0.6 is 11.6 Å². The van der Waals surface area contributed by atoms with Crippen molar-refractivity contribution in [3.8, 4) is 0 Å². The summed E-state index contributed by atoms with van der Waals surface area (Å²) in [6.45, 7) is 2.05. The van der Waals surface area contributed by atoms with Gasteiger partial charge in [-0.3, -0.25) is 14.9 Å². The fraction of sp³-hybridized carbons (Fsp3) is 0.273. The summed E-state index contributed by atoms with van der Waals surface area (Å²) in [6, 6.07) is 19.0. The molecule has 0 saturated carbocycles. The van der Waals surface area contributed by atoms with Crippen LogP contribution in [0, 0.1) is 0 Å². The Morgan fingerprint density at radius 2 is 1.88 bits per heavy atom. The first-order valence-electron chi connectivity index (χ1n) is 9.11. The van der Waals surface area contributed by atoms with E-state index in [-0.39, 0.29) is 0 Å². The molecule has 0 bridgehead atoms. The highest BCUT2D eigenvalue weighted by Crippen LogP contribution is 2.32. The van der Waals surface area contributed by atoms with Crippen molar-refractivity contribution >= 4 is 11.6 Å². The molecule has 1 saturated heterocycles. The van der Waals surface area contributed by atoms with Gasteiger partial charge in [0.1, 0.15) is 0 Å². The SMILES string of the molecule is Clc1ccc(Cc2cccc([C@@H]3CCCN3Cc3cccnc3)n2)cc1. The molecule has 3 nitrogen and oxygen atoms in total. The van der Waals surface area contributed by atoms with Crippen LogP contribution in [0.25, 0.3) is 0 Å². The van der Waals surface area contributed by atoms with Crippen molar-refractivity contribution in [2.24, 2.45) is 0 Å². The van der Waals surface area contributed by atoms with Crippen molar-refractivity contribution in [1.29, 1.82) is 0 Å². The maximum atomic E-state index is 5.98. The van der Waals surface area contributed by atoms with Crippen molar-refractivity contribution in [2.45, 2.75) is 31.8 Å². The lowest BCUT2D eigenvalue weighted by atomic mass is 10.1. The lowest BCUT2D eigenvalue weighted by molar-refractivity contribution is 0.244. The smallest absolute Gasteiger partial charge is 0.0578 e. The van der Waals surface area contributed by atoms with E-state index in [1.54, 1.807) is 0 Å². The zero-order valence-electron chi connectivity index (χ0n) is 14.7. The lowest BCUT2D eigenvalue weighted by Crippen LogP contribution is -2.23. The Kier molecular flexibility index (Phi) is 5.28. The minimum atomic E-state index is 0.389. The number of rotatable bonds is 5. The van der Waals surface area contributed by atoms with Gasteiger partial charge in [0, 0.05) is 36.1 Å². The Morgan fingerprint density at radius 3 is 2.69 bits per heavy atom. The first-order valence-corrected chi connectivity index (χ1v) is 9.49. The fourth-order valence-electron chi connectivity index (χ4n) is 3.67. The maximum absolute atomic E-state index is 5.98. The predicted molar refractivity (Wildman–Crippen MR) is 105 cm³/mol. The minimum Gasteiger partial charge on any atom is -0.290 e. The number of aromatic nitrogens is 2. The monoisotopic (exact) mass is 363 g/mol. The largest absolute Gasteiger partial charge is 0.290 e. The van der Waals surface area contributed by atoms with Gasteiger partial charge >= 0.3 is 0 Å². The van der Waals surface area contributed by atoms with E-state index in [1.807, 2.05) is 30.6 Å². The lowest BCUT2D eigenvalue weighted by Gasteiger charge is -2.24. The number of halogens is 1. The van der Waals surface area contributed by atoms with Crippen LogP contribution < -0.4 is 0 Å². The maximum Gasteiger partial charge on any atom is 0.0578 e. The van der Waals surface area contributed by atoms with Crippen molar-refractivity contribution in [1.82, 2.24) is 14.9 Å². The summed E-state index contributed by atoms with van der Waals surface area (Å²) in [5.74, 6) is 0. The molecule has 3 aromatic rings. The van der Waals surface area contributed by atoms with Crippen LogP contribution in [0.2, 0.25) is 5.02 Å². The van der Waals surface area contributed by atoms with Gasteiger partial charge in [0.15, 0.2) is 0 Å². The van der Waals surface area contributed by atoms with E-state index < -0.39 is 0 Å². The zero-order valence-corrected chi connectivity index (χ0v) is 15.4. The summed E-state index contributed by atoms with van der Waals surface area (Å²) < 4.78 is 0. The molecule has 4 heteroatoms. The topological polar surface area (TPSA) is 29.0 Å². The molecule has 1 atom stereocenters. The van der Waals surface area contributed by atoms with Crippen LogP contribution in [0.3, 0.4) is 0 Å². The molecule has 0 amide bonds. The van der Waals surface area contributed by atoms with Crippen molar-refractivity contribution in [3.63, 3.8) is 0 Å². The highest BCUT2D eigenvalue weighted by Gasteiger charge is 2.27. The second kappa shape index (κ2) is 7.98. The van der Waals surface area contributed by atoms with Crippen LogP contribution in [-0.4, -0.2) is 21.4 Å². The first-order chi connectivity index (χ1) is 12.8. The normalized spacial score (nSPS) is 17.5. The highest BCUT2D eigenvalue weighted by molar-refractivity contribution is 6.30. The molecule has 4 rings (SSSR count). The van der Waals surface area contributed by atoms with E-state index in [2.05, 4.69) is 46.3 Å². The fourth-order valence-corrected chi connectivity index (χ4v) is 3.80. The van der Waals surface area contributed by atoms with E-state index in [0.717, 1.165) is 36.6 Å². The number of hydrogen-bond donors (Lipinski definition) is 0. The first kappa shape index (κ1) is 17.2. The summed E-state index contributed by atoms with van der Waals surface area (Å²) in [5.41, 5.74) is 4.78. The quantitative estimate of drug-likeness (QED) is 0.634. The van der Waals surface area contributed by atoms with Crippen molar-refractivity contribution in [3.05, 3.63) is 94.5 Å². The van der Waals surface area contributed by atoms with E-state index in [0.29, 0.717) is 6.04 Å². The van der Waals surface area contributed by atoms with Gasteiger partial charge in [-0.25, -0.2) is 0 Å². The molecule has 1 fully saturated rings. The molecular formula is C22H22ClN3. The summed E-state index contributed by atoms with van der Waals surface area (Å²) >= 11 is 5.98. The van der Waals surface area contributed by atoms with Gasteiger partial charge in [0.05, 0.1) is 11.7 Å². The number of pyridine rings is 2. The zero-order chi connectivity index (χ0) is 17.8. The Morgan fingerprint density at radius 1 is 1.00 bits per heavy atom. The molecule has 26 heavy (non-hydrogen) atoms. The Labute approximate surface area is 159 Å². The molecule has 2 aromatic heterocycles. The summed E-state index contributed by atoms with van der Waals surface area (Å²) in [6.07, 6.45) is 7.00. The minimum absolute atomic E-state index is 0.389. The van der Waals surface area contributed by atoms with Gasteiger partial charge in [-0.15, -0.1) is 0 Å². The summed E-state index contributed by atoms with van der Waals surface area (Å²) in [4.78, 5) is 11.7. The average Bonchev–Trinajstić information content (AvgIpc) is 3.13. The number of benzene rings is 1. The number of nitrogens with zero attached hydrogens (tertiary/aromatic N) is 3. The standard InChI is InChI=1S/C22H22ClN3/c23-19-10-8-17(9-11-19)14-20-5-1-6-21(25-20)22-7-3-13-26(22)16-18-4-2-12-24-15-18/h1-2,4-6,8-12,15,22H,3,7,13-14,16H2/t22-/m0/s1. The van der Waals surface area contributed by atoms with Gasteiger partial charge in [0.2, 0.25) is 0 Å². The average molecular weight is 364 g/mol. The van der Waals surface area contributed by atoms with Crippen LogP contribution in [-0.2, 0) is 13.0 Å². The van der Waals surface area contributed by atoms with E-state index >= 15 is 0 Å². The van der Waals surface area contributed by atoms with Gasteiger partial charge < -0.3 is 0 Å². The molecule has 0 spiro atoms. The van der Waals surface area contributed by atoms with E-state index in [1.165, 1.54) is 23.2 Å². The molecule has 0 aliphatic carbocycles. The third-order valence-corrected chi connectivity index (χ3v) is 5.19. The second-order valence-corrected chi connectivity index (χ2v) is 7.28. The second-order valence-electron chi connectivity index (χ2n) is 6.85. The Bertz CT molecular complexity index is 849. The third kappa shape index (κ3) is 4.12. The van der Waals surface area contributed by atoms with Crippen LogP contribution in [0.15, 0.2) is 67.0 Å². The molecule has 1 aromatic carbocycles. The number of likely N-dealkylation sites (tertiary alicyclic amines) is 1. The van der Waals surface area contributed by atoms with Gasteiger partial charge in [-0.1, -0.05) is 35.9 Å². The molecule has 0 unspecified atom stereocenters. The van der Waals surface area contributed by atoms with E-state index in [9.17, 15) is 0 Å². The summed E-state index contributed by atoms with van der Waals surface area (Å²) in [7, 11) is 0. The van der Waals surface area contributed by atoms with Gasteiger partial charge in [-0.05, 0) is 60.8 Å². The van der Waals surface area contributed by atoms with E-state index in [4.69, 9.17) is 16.6 Å². The number of hydrogen-bond acceptors (Lipinski definition) is 3. The Hall–Kier alpha value is -2.23. The molecule has 1 aliphatic heterocycles. The molecular weight excluding hydrogens is 342 g/mol.